The molecule has 9 heteroatoms. The minimum atomic E-state index is -4.37. The lowest BCUT2D eigenvalue weighted by atomic mass is 10.2. The molecule has 0 saturated heterocycles. The van der Waals surface area contributed by atoms with E-state index in [2.05, 4.69) is 21.0 Å². The van der Waals surface area contributed by atoms with Gasteiger partial charge in [-0.15, -0.1) is 0 Å². The van der Waals surface area contributed by atoms with E-state index in [1.807, 2.05) is 0 Å². The van der Waals surface area contributed by atoms with Crippen molar-refractivity contribution in [3.05, 3.63) is 23.8 Å². The number of para-hydroxylation sites is 1. The first-order chi connectivity index (χ1) is 8.37. The topological polar surface area (TPSA) is 116 Å². The molecule has 0 radical (unpaired) electrons. The summed E-state index contributed by atoms with van der Waals surface area (Å²) < 4.78 is 31.7. The van der Waals surface area contributed by atoms with Crippen molar-refractivity contribution < 1.29 is 26.7 Å². The van der Waals surface area contributed by atoms with Gasteiger partial charge in [-0.25, -0.2) is 8.98 Å². The molecule has 0 atom stereocenters. The van der Waals surface area contributed by atoms with Gasteiger partial charge in [-0.1, -0.05) is 6.07 Å². The van der Waals surface area contributed by atoms with Crippen molar-refractivity contribution in [3.8, 4) is 5.75 Å². The van der Waals surface area contributed by atoms with Crippen LogP contribution in [0.3, 0.4) is 0 Å². The summed E-state index contributed by atoms with van der Waals surface area (Å²) in [7, 11) is -4.37. The molecular formula is C9H11NO6S2. The number of carboxylic acid groups (broad SMARTS) is 1. The molecule has 18 heavy (non-hydrogen) atoms. The van der Waals surface area contributed by atoms with Crippen LogP contribution in [-0.4, -0.2) is 31.9 Å². The third-order valence-electron chi connectivity index (χ3n) is 1.78. The Kier molecular flexibility index (Phi) is 4.82. The predicted octanol–water partition coefficient (Wildman–Crippen LogP) is 0.537. The van der Waals surface area contributed by atoms with E-state index in [-0.39, 0.29) is 23.6 Å². The first-order valence-corrected chi connectivity index (χ1v) is 6.65. The zero-order chi connectivity index (χ0) is 13.8. The lowest BCUT2D eigenvalue weighted by Gasteiger charge is -2.10. The van der Waals surface area contributed by atoms with Crippen LogP contribution >= 0.6 is 12.6 Å². The molecule has 0 aromatic heterocycles. The highest BCUT2D eigenvalue weighted by molar-refractivity contribution is 7.82. The smallest absolute Gasteiger partial charge is 0.449 e. The van der Waals surface area contributed by atoms with Crippen LogP contribution in [0.4, 0.5) is 5.69 Å². The number of carboxylic acids is 1. The summed E-state index contributed by atoms with van der Waals surface area (Å²) in [4.78, 5) is 10.9. The fourth-order valence-electron chi connectivity index (χ4n) is 1.08. The molecule has 0 aliphatic heterocycles. The number of benzene rings is 1. The number of nitrogen functional groups attached to an aromatic ring is 1. The van der Waals surface area contributed by atoms with Gasteiger partial charge in [0.25, 0.3) is 0 Å². The van der Waals surface area contributed by atoms with Gasteiger partial charge in [0, 0.05) is 5.75 Å². The summed E-state index contributed by atoms with van der Waals surface area (Å²) in [5.74, 6) is -1.66. The molecule has 0 heterocycles. The van der Waals surface area contributed by atoms with E-state index in [0.717, 1.165) is 0 Å². The highest BCUT2D eigenvalue weighted by atomic mass is 32.3. The number of thiol groups is 1. The molecular weight excluding hydrogens is 282 g/mol. The van der Waals surface area contributed by atoms with Crippen LogP contribution in [0.15, 0.2) is 18.2 Å². The first kappa shape index (κ1) is 14.6. The Morgan fingerprint density at radius 1 is 1.44 bits per heavy atom. The standard InChI is InChI=1S/C9H11NO6S2/c10-7-3-1-2-6(9(11)12)8(7)16-18(13,14)15-4-5-17/h1-3,17H,4-5,10H2,(H,11,12). The van der Waals surface area contributed by atoms with E-state index >= 15 is 0 Å². The predicted molar refractivity (Wildman–Crippen MR) is 67.2 cm³/mol. The van der Waals surface area contributed by atoms with Crippen LogP contribution in [0.1, 0.15) is 10.4 Å². The largest absolute Gasteiger partial charge is 0.478 e. The second-order valence-electron chi connectivity index (χ2n) is 3.07. The second kappa shape index (κ2) is 5.94. The van der Waals surface area contributed by atoms with E-state index in [1.165, 1.54) is 18.2 Å². The van der Waals surface area contributed by atoms with Crippen molar-refractivity contribution in [3.63, 3.8) is 0 Å². The third kappa shape index (κ3) is 3.79. The molecule has 3 N–H and O–H groups in total. The van der Waals surface area contributed by atoms with Crippen molar-refractivity contribution in [1.29, 1.82) is 0 Å². The lowest BCUT2D eigenvalue weighted by Crippen LogP contribution is -2.17. The van der Waals surface area contributed by atoms with E-state index < -0.39 is 22.1 Å². The number of hydrogen-bond acceptors (Lipinski definition) is 7. The Morgan fingerprint density at radius 3 is 2.67 bits per heavy atom. The zero-order valence-electron chi connectivity index (χ0n) is 9.07. The fraction of sp³-hybridized carbons (Fsp3) is 0.222. The van der Waals surface area contributed by atoms with Crippen LogP contribution in [0.2, 0.25) is 0 Å². The summed E-state index contributed by atoms with van der Waals surface area (Å²) >= 11 is 3.77. The van der Waals surface area contributed by atoms with Gasteiger partial charge in [0.1, 0.15) is 5.56 Å². The molecule has 0 unspecified atom stereocenters. The van der Waals surface area contributed by atoms with E-state index in [0.29, 0.717) is 0 Å². The van der Waals surface area contributed by atoms with Crippen LogP contribution in [0, 0.1) is 0 Å². The molecule has 1 rings (SSSR count). The minimum Gasteiger partial charge on any atom is -0.478 e. The Hall–Kier alpha value is -1.45. The Morgan fingerprint density at radius 2 is 2.11 bits per heavy atom. The number of rotatable bonds is 6. The SMILES string of the molecule is Nc1cccc(C(=O)O)c1OS(=O)(=O)OCCS. The van der Waals surface area contributed by atoms with Gasteiger partial charge >= 0.3 is 16.4 Å². The molecule has 7 nitrogen and oxygen atoms in total. The van der Waals surface area contributed by atoms with E-state index in [9.17, 15) is 13.2 Å². The van der Waals surface area contributed by atoms with Crippen molar-refractivity contribution >= 4 is 34.7 Å². The molecule has 0 spiro atoms. The number of nitrogens with two attached hydrogens (primary N) is 1. The maximum absolute atomic E-state index is 11.4. The maximum atomic E-state index is 11.4. The molecule has 0 bridgehead atoms. The fourth-order valence-corrected chi connectivity index (χ4v) is 2.02. The van der Waals surface area contributed by atoms with Gasteiger partial charge in [-0.3, -0.25) is 0 Å². The highest BCUT2D eigenvalue weighted by Crippen LogP contribution is 2.28. The second-order valence-corrected chi connectivity index (χ2v) is 4.73. The number of hydrogen-bond donors (Lipinski definition) is 3. The molecule has 0 aliphatic rings. The minimum absolute atomic E-state index is 0.118. The maximum Gasteiger partial charge on any atom is 0.449 e. The van der Waals surface area contributed by atoms with Gasteiger partial charge in [0.2, 0.25) is 0 Å². The van der Waals surface area contributed by atoms with Crippen LogP contribution in [0.25, 0.3) is 0 Å². The Balaban J connectivity index is 3.07. The van der Waals surface area contributed by atoms with Crippen molar-refractivity contribution in [1.82, 2.24) is 0 Å². The molecule has 0 amide bonds. The normalized spacial score (nSPS) is 11.2. The van der Waals surface area contributed by atoms with Crippen LogP contribution in [-0.2, 0) is 14.6 Å². The van der Waals surface area contributed by atoms with Crippen LogP contribution < -0.4 is 9.92 Å². The summed E-state index contributed by atoms with van der Waals surface area (Å²) in [6, 6.07) is 3.85. The number of carbonyl (C=O) groups is 1. The summed E-state index contributed by atoms with van der Waals surface area (Å²) in [5, 5.41) is 8.88. The molecule has 1 aromatic carbocycles. The highest BCUT2D eigenvalue weighted by Gasteiger charge is 2.21. The number of aromatic carboxylic acids is 1. The van der Waals surface area contributed by atoms with Gasteiger partial charge in [-0.2, -0.15) is 21.0 Å². The summed E-state index contributed by atoms with van der Waals surface area (Å²) in [6.07, 6.45) is 0. The van der Waals surface area contributed by atoms with Crippen LogP contribution in [0.5, 0.6) is 5.75 Å². The average molecular weight is 293 g/mol. The van der Waals surface area contributed by atoms with Gasteiger partial charge < -0.3 is 15.0 Å². The summed E-state index contributed by atoms with van der Waals surface area (Å²) in [5.41, 5.74) is 4.99. The third-order valence-corrected chi connectivity index (χ3v) is 2.79. The first-order valence-electron chi connectivity index (χ1n) is 4.69. The van der Waals surface area contributed by atoms with Gasteiger partial charge in [0.15, 0.2) is 5.75 Å². The Bertz CT molecular complexity index is 542. The zero-order valence-corrected chi connectivity index (χ0v) is 10.8. The van der Waals surface area contributed by atoms with E-state index in [4.69, 9.17) is 10.8 Å². The van der Waals surface area contributed by atoms with Crippen molar-refractivity contribution in [2.75, 3.05) is 18.1 Å². The van der Waals surface area contributed by atoms with E-state index in [1.54, 1.807) is 0 Å². The molecule has 1 aromatic rings. The number of anilines is 1. The van der Waals surface area contributed by atoms with Crippen molar-refractivity contribution in [2.45, 2.75) is 0 Å². The van der Waals surface area contributed by atoms with Crippen molar-refractivity contribution in [2.24, 2.45) is 0 Å². The molecule has 0 saturated carbocycles. The molecule has 0 fully saturated rings. The molecule has 100 valence electrons. The monoisotopic (exact) mass is 293 g/mol. The average Bonchev–Trinajstić information content (AvgIpc) is 2.28. The van der Waals surface area contributed by atoms with Gasteiger partial charge in [-0.05, 0) is 12.1 Å². The van der Waals surface area contributed by atoms with Gasteiger partial charge in [0.05, 0.1) is 12.3 Å². The lowest BCUT2D eigenvalue weighted by molar-refractivity contribution is 0.0695. The molecule has 0 aliphatic carbocycles. The summed E-state index contributed by atoms with van der Waals surface area (Å²) in [6.45, 7) is -0.194. The quantitative estimate of drug-likeness (QED) is 0.517. The Labute approximate surface area is 109 Å².